The predicted molar refractivity (Wildman–Crippen MR) is 226 cm³/mol. The molecule has 1 fully saturated rings. The average molecular weight is 882 g/mol. The van der Waals surface area contributed by atoms with Crippen LogP contribution in [0.1, 0.15) is 41.0 Å². The molecule has 0 unspecified atom stereocenters. The molecule has 1 rings (SSSR count). The smallest absolute Gasteiger partial charge is 1.00 e. The molecule has 0 aliphatic carbocycles. The minimum Gasteiger partial charge on any atom is -1.00 e. The number of hydrogen-bond donors (Lipinski definition) is 1. The van der Waals surface area contributed by atoms with Crippen LogP contribution in [-0.2, 0) is 28.7 Å². The molecule has 0 bridgehead atoms. The predicted octanol–water partition coefficient (Wildman–Crippen LogP) is 6.41. The van der Waals surface area contributed by atoms with E-state index < -0.39 is 57.6 Å². The first-order valence-electron chi connectivity index (χ1n) is 14.7. The number of nitrogens with zero attached hydrogens (tertiary/aromatic N) is 1. The standard InChI is InChI=1S/C9H15NO5Si.C7H16O2Si.C4H11ClSi.C4H12OSi.C3H8Cl2Si.2CH4.CH3.ClH.Mg/c1-16(2,3)6-14-9(13)15-10-7(11)4-5-8(10)12;1-5-7(8)9-6-10(2,3)4;2*1-6(2,3)4-5;1-6(2,5)3-4;;;;;/h4-6H2,1-3H3;5-6H2,1-4H3;4H2,1-3H3;5H,4H2,1-3H3;3H2,1-2H3;2*1H4;1H3;1H;/q;;;;;;;-1;;+2/p-1. The van der Waals surface area contributed by atoms with Crippen molar-refractivity contribution in [3.63, 3.8) is 0 Å². The molecule has 2 amide bonds. The number of aliphatic hydroxyl groups excluding tert-OH is 1. The molecular formula is C30H73Cl4MgNO8Si5. The van der Waals surface area contributed by atoms with Crippen LogP contribution in [0.25, 0.3) is 0 Å². The summed E-state index contributed by atoms with van der Waals surface area (Å²) in [6.45, 7) is 31.6. The molecule has 1 saturated heterocycles. The zero-order valence-electron chi connectivity index (χ0n) is 32.1. The van der Waals surface area contributed by atoms with E-state index in [1.54, 1.807) is 0 Å². The Hall–Kier alpha value is 0.851. The Morgan fingerprint density at radius 2 is 1.00 bits per heavy atom. The number of alkyl halides is 2. The quantitative estimate of drug-likeness (QED) is 0.0706. The number of hydrogen-bond acceptors (Lipinski definition) is 8. The van der Waals surface area contributed by atoms with Gasteiger partial charge in [0.15, 0.2) is 7.38 Å². The zero-order chi connectivity index (χ0) is 36.2. The summed E-state index contributed by atoms with van der Waals surface area (Å²) in [6.07, 6.45) is 1.02. The monoisotopic (exact) mass is 879 g/mol. The van der Waals surface area contributed by atoms with Crippen LogP contribution in [0.4, 0.5) is 4.79 Å². The van der Waals surface area contributed by atoms with Crippen LogP contribution >= 0.6 is 34.3 Å². The first kappa shape index (κ1) is 71.3. The van der Waals surface area contributed by atoms with Gasteiger partial charge >= 0.3 is 35.2 Å². The first-order chi connectivity index (χ1) is 19.4. The third kappa shape index (κ3) is 64.3. The van der Waals surface area contributed by atoms with Crippen LogP contribution in [0.2, 0.25) is 91.7 Å². The van der Waals surface area contributed by atoms with Gasteiger partial charge in [0, 0.05) is 36.5 Å². The first-order valence-corrected chi connectivity index (χ1v) is 34.8. The normalized spacial score (nSPS) is 12.1. The number of imide groups is 1. The molecule has 0 aromatic carbocycles. The number of halogens is 4. The van der Waals surface area contributed by atoms with Crippen LogP contribution in [0.15, 0.2) is 0 Å². The SMILES string of the molecule is C.C.CCC(=O)OC[Si](C)(C)C.C[Si](C)(C)CCl.C[Si](C)(C)CO.C[Si](C)(C)COC(=O)ON1C(=O)CCC1=O.C[Si](C)(Cl)CCl.[CH3-].[Cl-].[Mg+2]. The Morgan fingerprint density at radius 3 is 1.20 bits per heavy atom. The van der Waals surface area contributed by atoms with Gasteiger partial charge in [0.1, 0.15) is 0 Å². The van der Waals surface area contributed by atoms with Gasteiger partial charge < -0.3 is 34.4 Å². The van der Waals surface area contributed by atoms with Gasteiger partial charge in [-0.15, -0.1) is 23.2 Å². The topological polar surface area (TPSA) is 119 Å². The summed E-state index contributed by atoms with van der Waals surface area (Å²) >= 11 is 16.7. The molecule has 19 heteroatoms. The zero-order valence-corrected chi connectivity index (χ0v) is 41.6. The fourth-order valence-electron chi connectivity index (χ4n) is 1.43. The molecule has 1 N–H and O–H groups in total. The summed E-state index contributed by atoms with van der Waals surface area (Å²) in [6, 6.07) is 0. The van der Waals surface area contributed by atoms with Crippen LogP contribution in [0.3, 0.4) is 0 Å². The van der Waals surface area contributed by atoms with Crippen molar-refractivity contribution >= 4 is 121 Å². The van der Waals surface area contributed by atoms with E-state index in [4.69, 9.17) is 48.9 Å². The molecular weight excluding hydrogens is 809 g/mol. The maximum absolute atomic E-state index is 11.2. The second-order valence-corrected chi connectivity index (χ2v) is 45.6. The van der Waals surface area contributed by atoms with Gasteiger partial charge in [-0.3, -0.25) is 19.2 Å². The molecule has 49 heavy (non-hydrogen) atoms. The molecule has 296 valence electrons. The second-order valence-electron chi connectivity index (χ2n) is 15.6. The number of carbonyl (C=O) groups excluding carboxylic acids is 4. The van der Waals surface area contributed by atoms with Gasteiger partial charge in [-0.1, -0.05) is 118 Å². The Morgan fingerprint density at radius 1 is 0.714 bits per heavy atom. The van der Waals surface area contributed by atoms with Crippen LogP contribution in [0.5, 0.6) is 0 Å². The van der Waals surface area contributed by atoms with Gasteiger partial charge in [0.05, 0.1) is 44.8 Å². The van der Waals surface area contributed by atoms with Crippen molar-refractivity contribution in [2.45, 2.75) is 133 Å². The van der Waals surface area contributed by atoms with Gasteiger partial charge in [-0.05, 0) is 0 Å². The van der Waals surface area contributed by atoms with Crippen molar-refractivity contribution in [3.05, 3.63) is 7.43 Å². The fourth-order valence-corrected chi connectivity index (χ4v) is 2.58. The van der Waals surface area contributed by atoms with Crippen molar-refractivity contribution in [1.29, 1.82) is 0 Å². The van der Waals surface area contributed by atoms with E-state index in [9.17, 15) is 19.2 Å². The van der Waals surface area contributed by atoms with Crippen LogP contribution < -0.4 is 12.4 Å². The molecule has 9 nitrogen and oxygen atoms in total. The summed E-state index contributed by atoms with van der Waals surface area (Å²) in [4.78, 5) is 48.6. The summed E-state index contributed by atoms with van der Waals surface area (Å²) < 4.78 is 9.80. The summed E-state index contributed by atoms with van der Waals surface area (Å²) in [5.41, 5.74) is 1.53. The summed E-state index contributed by atoms with van der Waals surface area (Å²) in [5, 5.41) is 8.94. The Bertz CT molecular complexity index is 799. The van der Waals surface area contributed by atoms with Crippen molar-refractivity contribution < 1.29 is 51.0 Å². The maximum atomic E-state index is 11.2. The fraction of sp³-hybridized carbons (Fsp3) is 0.833. The molecule has 0 spiro atoms. The number of ether oxygens (including phenoxy) is 2. The number of carbonyl (C=O) groups is 4. The number of hydroxylamine groups is 2. The Kier molecular flexibility index (Phi) is 50.3. The third-order valence-corrected chi connectivity index (χ3v) is 13.6. The number of esters is 1. The molecule has 0 aromatic heterocycles. The summed E-state index contributed by atoms with van der Waals surface area (Å²) in [7, 11) is -6.04. The van der Waals surface area contributed by atoms with Crippen molar-refractivity contribution in [2.24, 2.45) is 0 Å². The van der Waals surface area contributed by atoms with Gasteiger partial charge in [-0.25, -0.2) is 4.79 Å². The van der Waals surface area contributed by atoms with E-state index in [-0.39, 0.29) is 76.6 Å². The number of amides is 2. The minimum absolute atomic E-state index is 0. The molecule has 0 atom stereocenters. The molecule has 0 saturated carbocycles. The molecule has 1 heterocycles. The van der Waals surface area contributed by atoms with Gasteiger partial charge in [0.25, 0.3) is 11.8 Å². The number of aliphatic hydroxyl groups is 1. The molecule has 0 aromatic rings. The van der Waals surface area contributed by atoms with E-state index in [0.717, 1.165) is 5.50 Å². The van der Waals surface area contributed by atoms with Crippen molar-refractivity contribution in [3.8, 4) is 0 Å². The second kappa shape index (κ2) is 34.6. The van der Waals surface area contributed by atoms with Gasteiger partial charge in [0.2, 0.25) is 0 Å². The minimum atomic E-state index is -1.52. The van der Waals surface area contributed by atoms with E-state index in [0.29, 0.717) is 35.7 Å². The van der Waals surface area contributed by atoms with Crippen LogP contribution in [-0.4, -0.2) is 127 Å². The molecule has 1 aliphatic rings. The van der Waals surface area contributed by atoms with E-state index in [2.05, 4.69) is 63.8 Å². The van der Waals surface area contributed by atoms with E-state index in [1.807, 2.05) is 39.7 Å². The van der Waals surface area contributed by atoms with Crippen molar-refractivity contribution in [1.82, 2.24) is 5.06 Å². The Labute approximate surface area is 344 Å². The number of rotatable bonds is 9. The third-order valence-electron chi connectivity index (χ3n) is 3.94. The average Bonchev–Trinajstić information content (AvgIpc) is 3.17. The van der Waals surface area contributed by atoms with Gasteiger partial charge in [-0.2, -0.15) is 11.1 Å². The molecule has 1 aliphatic heterocycles. The molecule has 0 radical (unpaired) electrons. The van der Waals surface area contributed by atoms with Crippen molar-refractivity contribution in [2.75, 3.05) is 29.7 Å². The maximum Gasteiger partial charge on any atom is 2.00 e. The largest absolute Gasteiger partial charge is 2.00 e. The van der Waals surface area contributed by atoms with E-state index in [1.165, 1.54) is 0 Å². The van der Waals surface area contributed by atoms with Crippen LogP contribution in [0, 0.1) is 7.43 Å². The Balaban J connectivity index is -0.0000000608. The summed E-state index contributed by atoms with van der Waals surface area (Å²) in [5.74, 6) is -1.09. The van der Waals surface area contributed by atoms with E-state index >= 15 is 0 Å².